The van der Waals surface area contributed by atoms with Gasteiger partial charge in [0.05, 0.1) is 12.1 Å². The number of rotatable bonds is 3. The Morgan fingerprint density at radius 1 is 1.00 bits per heavy atom. The van der Waals surface area contributed by atoms with Gasteiger partial charge in [-0.15, -0.1) is 0 Å². The van der Waals surface area contributed by atoms with Crippen molar-refractivity contribution in [3.05, 3.63) is 36.5 Å². The number of pyridine rings is 1. The summed E-state index contributed by atoms with van der Waals surface area (Å²) in [6.45, 7) is 0.919. The van der Waals surface area contributed by atoms with Crippen LogP contribution in [0.4, 0.5) is 0 Å². The molecule has 4 aliphatic rings. The van der Waals surface area contributed by atoms with Gasteiger partial charge in [-0.05, 0) is 80.5 Å². The van der Waals surface area contributed by atoms with Crippen molar-refractivity contribution in [1.29, 1.82) is 0 Å². The average molecular weight is 293 g/mol. The Kier molecular flexibility index (Phi) is 2.77. The summed E-state index contributed by atoms with van der Waals surface area (Å²) < 4.78 is 6.27. The molecular weight excluding hydrogens is 270 g/mol. The first kappa shape index (κ1) is 12.9. The highest BCUT2D eigenvalue weighted by molar-refractivity contribution is 5.79. The molecule has 4 fully saturated rings. The lowest BCUT2D eigenvalue weighted by atomic mass is 9.50. The molecule has 0 radical (unpaired) electrons. The van der Waals surface area contributed by atoms with Crippen LogP contribution in [0.25, 0.3) is 10.9 Å². The SMILES string of the molecule is c1cnc2ccc(OCC34CC5CC(CC(C5)C3)C4)cc2c1. The Morgan fingerprint density at radius 3 is 2.45 bits per heavy atom. The second-order valence-corrected chi connectivity index (χ2v) is 8.06. The smallest absolute Gasteiger partial charge is 0.120 e. The maximum atomic E-state index is 6.27. The van der Waals surface area contributed by atoms with Crippen molar-refractivity contribution < 1.29 is 4.74 Å². The van der Waals surface area contributed by atoms with Crippen LogP contribution in [-0.2, 0) is 0 Å². The lowest BCUT2D eigenvalue weighted by Crippen LogP contribution is -2.48. The molecule has 4 saturated carbocycles. The van der Waals surface area contributed by atoms with E-state index in [0.29, 0.717) is 5.41 Å². The molecular formula is C20H23NO. The molecule has 0 amide bonds. The molecule has 6 rings (SSSR count). The average Bonchev–Trinajstić information content (AvgIpc) is 2.52. The molecule has 0 saturated heterocycles. The quantitative estimate of drug-likeness (QED) is 0.808. The van der Waals surface area contributed by atoms with E-state index >= 15 is 0 Å². The van der Waals surface area contributed by atoms with E-state index in [-0.39, 0.29) is 0 Å². The highest BCUT2D eigenvalue weighted by Crippen LogP contribution is 2.60. The molecule has 0 aliphatic heterocycles. The van der Waals surface area contributed by atoms with Gasteiger partial charge in [-0.25, -0.2) is 0 Å². The fourth-order valence-electron chi connectivity index (χ4n) is 5.85. The van der Waals surface area contributed by atoms with Gasteiger partial charge in [0.1, 0.15) is 5.75 Å². The minimum Gasteiger partial charge on any atom is -0.493 e. The predicted octanol–water partition coefficient (Wildman–Crippen LogP) is 4.83. The highest BCUT2D eigenvalue weighted by Gasteiger charge is 2.51. The van der Waals surface area contributed by atoms with Gasteiger partial charge in [0.25, 0.3) is 0 Å². The molecule has 0 spiro atoms. The van der Waals surface area contributed by atoms with E-state index in [1.165, 1.54) is 43.9 Å². The fourth-order valence-corrected chi connectivity index (χ4v) is 5.85. The zero-order valence-corrected chi connectivity index (χ0v) is 13.0. The summed E-state index contributed by atoms with van der Waals surface area (Å²) in [5, 5.41) is 1.17. The largest absolute Gasteiger partial charge is 0.493 e. The molecule has 2 heteroatoms. The van der Waals surface area contributed by atoms with Crippen molar-refractivity contribution in [3.8, 4) is 5.75 Å². The van der Waals surface area contributed by atoms with Crippen molar-refractivity contribution >= 4 is 10.9 Å². The lowest BCUT2D eigenvalue weighted by molar-refractivity contribution is -0.0745. The van der Waals surface area contributed by atoms with Crippen molar-refractivity contribution in [2.45, 2.75) is 38.5 Å². The van der Waals surface area contributed by atoms with Crippen LogP contribution in [0.5, 0.6) is 5.75 Å². The summed E-state index contributed by atoms with van der Waals surface area (Å²) in [6.07, 6.45) is 10.6. The minimum atomic E-state index is 0.485. The molecule has 1 aromatic heterocycles. The van der Waals surface area contributed by atoms with Crippen LogP contribution in [-0.4, -0.2) is 11.6 Å². The third kappa shape index (κ3) is 2.12. The third-order valence-corrected chi connectivity index (χ3v) is 6.28. The van der Waals surface area contributed by atoms with Crippen LogP contribution in [0.1, 0.15) is 38.5 Å². The summed E-state index contributed by atoms with van der Waals surface area (Å²) in [5.74, 6) is 4.00. The highest BCUT2D eigenvalue weighted by atomic mass is 16.5. The van der Waals surface area contributed by atoms with Gasteiger partial charge in [0.15, 0.2) is 0 Å². The Labute approximate surface area is 131 Å². The topological polar surface area (TPSA) is 22.1 Å². The van der Waals surface area contributed by atoms with E-state index in [2.05, 4.69) is 29.2 Å². The molecule has 2 aromatic rings. The van der Waals surface area contributed by atoms with Crippen LogP contribution < -0.4 is 4.74 Å². The van der Waals surface area contributed by atoms with Gasteiger partial charge in [-0.1, -0.05) is 6.07 Å². The Bertz CT molecular complexity index is 672. The van der Waals surface area contributed by atoms with Gasteiger partial charge in [0.2, 0.25) is 0 Å². The summed E-state index contributed by atoms with van der Waals surface area (Å²) in [7, 11) is 0. The monoisotopic (exact) mass is 293 g/mol. The van der Waals surface area contributed by atoms with Gasteiger partial charge < -0.3 is 4.74 Å². The number of hydrogen-bond acceptors (Lipinski definition) is 2. The lowest BCUT2D eigenvalue weighted by Gasteiger charge is -2.56. The molecule has 22 heavy (non-hydrogen) atoms. The summed E-state index contributed by atoms with van der Waals surface area (Å²) >= 11 is 0. The number of hydrogen-bond donors (Lipinski definition) is 0. The van der Waals surface area contributed by atoms with E-state index in [9.17, 15) is 0 Å². The Hall–Kier alpha value is -1.57. The van der Waals surface area contributed by atoms with Crippen molar-refractivity contribution in [3.63, 3.8) is 0 Å². The molecule has 1 aromatic carbocycles. The van der Waals surface area contributed by atoms with Crippen LogP contribution in [0.15, 0.2) is 36.5 Å². The third-order valence-electron chi connectivity index (χ3n) is 6.28. The molecule has 2 nitrogen and oxygen atoms in total. The van der Waals surface area contributed by atoms with Gasteiger partial charge in [0, 0.05) is 17.0 Å². The molecule has 4 aliphatic carbocycles. The maximum Gasteiger partial charge on any atom is 0.120 e. The van der Waals surface area contributed by atoms with Gasteiger partial charge >= 0.3 is 0 Å². The second-order valence-electron chi connectivity index (χ2n) is 8.06. The summed E-state index contributed by atoms with van der Waals surface area (Å²) in [4.78, 5) is 4.38. The predicted molar refractivity (Wildman–Crippen MR) is 87.8 cm³/mol. The number of ether oxygens (including phenoxy) is 1. The van der Waals surface area contributed by atoms with Gasteiger partial charge in [-0.3, -0.25) is 4.98 Å². The van der Waals surface area contributed by atoms with E-state index in [1.54, 1.807) is 0 Å². The molecule has 0 N–H and O–H groups in total. The fraction of sp³-hybridized carbons (Fsp3) is 0.550. The molecule has 114 valence electrons. The van der Waals surface area contributed by atoms with E-state index in [4.69, 9.17) is 4.74 Å². The Morgan fingerprint density at radius 2 is 1.73 bits per heavy atom. The van der Waals surface area contributed by atoms with Crippen LogP contribution in [0.2, 0.25) is 0 Å². The number of nitrogens with zero attached hydrogens (tertiary/aromatic N) is 1. The number of fused-ring (bicyclic) bond motifs is 1. The van der Waals surface area contributed by atoms with Crippen LogP contribution in [0.3, 0.4) is 0 Å². The zero-order valence-electron chi connectivity index (χ0n) is 13.0. The minimum absolute atomic E-state index is 0.485. The van der Waals surface area contributed by atoms with E-state index < -0.39 is 0 Å². The molecule has 0 atom stereocenters. The van der Waals surface area contributed by atoms with Gasteiger partial charge in [-0.2, -0.15) is 0 Å². The van der Waals surface area contributed by atoms with E-state index in [1.807, 2.05) is 12.3 Å². The number of benzene rings is 1. The standard InChI is InChI=1S/C20H23NO/c1-2-17-9-18(3-4-19(17)21-5-1)22-13-20-10-14-6-15(11-20)8-16(7-14)12-20/h1-5,9,14-16H,6-8,10-13H2. The molecule has 4 bridgehead atoms. The summed E-state index contributed by atoms with van der Waals surface area (Å²) in [5.41, 5.74) is 1.53. The second kappa shape index (κ2) is 4.71. The van der Waals surface area contributed by atoms with Crippen molar-refractivity contribution in [2.75, 3.05) is 6.61 Å². The first-order valence-corrected chi connectivity index (χ1v) is 8.76. The van der Waals surface area contributed by atoms with Crippen LogP contribution in [0, 0.1) is 23.2 Å². The first-order valence-electron chi connectivity index (χ1n) is 8.76. The molecule has 0 unspecified atom stereocenters. The van der Waals surface area contributed by atoms with E-state index in [0.717, 1.165) is 35.6 Å². The number of aromatic nitrogens is 1. The van der Waals surface area contributed by atoms with Crippen molar-refractivity contribution in [2.24, 2.45) is 23.2 Å². The van der Waals surface area contributed by atoms with Crippen LogP contribution >= 0.6 is 0 Å². The maximum absolute atomic E-state index is 6.27. The molecule has 1 heterocycles. The normalized spacial score (nSPS) is 35.9. The Balaban J connectivity index is 1.35. The first-order chi connectivity index (χ1) is 10.8. The zero-order chi connectivity index (χ0) is 14.6. The summed E-state index contributed by atoms with van der Waals surface area (Å²) in [6, 6.07) is 10.4. The van der Waals surface area contributed by atoms with Crippen molar-refractivity contribution in [1.82, 2.24) is 4.98 Å².